The standard InChI is InChI=1S/C12H19/c1-4-9-12(2,3)10-11-7-5-6-8-11/h1,4-5,7,11H,6,8-10H2,2-3H3. The average molecular weight is 163 g/mol. The van der Waals surface area contributed by atoms with Gasteiger partial charge in [-0.25, -0.2) is 0 Å². The van der Waals surface area contributed by atoms with E-state index in [0.717, 1.165) is 12.3 Å². The Kier molecular flexibility index (Phi) is 3.13. The molecule has 0 heteroatoms. The number of hydrogen-bond donors (Lipinski definition) is 0. The largest absolute Gasteiger partial charge is 0.0882 e. The van der Waals surface area contributed by atoms with Crippen LogP contribution in [-0.2, 0) is 0 Å². The lowest BCUT2D eigenvalue weighted by atomic mass is 9.80. The van der Waals surface area contributed by atoms with Crippen molar-refractivity contribution in [1.29, 1.82) is 0 Å². The first-order valence-corrected chi connectivity index (χ1v) is 4.84. The molecule has 0 bridgehead atoms. The van der Waals surface area contributed by atoms with Crippen LogP contribution in [0.4, 0.5) is 0 Å². The second-order valence-electron chi connectivity index (χ2n) is 4.57. The molecule has 67 valence electrons. The summed E-state index contributed by atoms with van der Waals surface area (Å²) in [5, 5.41) is 0. The molecule has 1 radical (unpaired) electrons. The zero-order chi connectivity index (χ0) is 9.03. The maximum Gasteiger partial charge on any atom is -0.0225 e. The summed E-state index contributed by atoms with van der Waals surface area (Å²) in [6, 6.07) is 0. The summed E-state index contributed by atoms with van der Waals surface area (Å²) in [6.45, 7) is 10.0. The summed E-state index contributed by atoms with van der Waals surface area (Å²) in [7, 11) is 0. The zero-order valence-corrected chi connectivity index (χ0v) is 8.22. The predicted octanol–water partition coefficient (Wildman–Crippen LogP) is 3.75. The van der Waals surface area contributed by atoms with Gasteiger partial charge in [0.25, 0.3) is 0 Å². The maximum absolute atomic E-state index is 5.45. The van der Waals surface area contributed by atoms with E-state index >= 15 is 0 Å². The van der Waals surface area contributed by atoms with Crippen molar-refractivity contribution in [2.75, 3.05) is 0 Å². The van der Waals surface area contributed by atoms with E-state index in [2.05, 4.69) is 26.0 Å². The fourth-order valence-corrected chi connectivity index (χ4v) is 1.98. The van der Waals surface area contributed by atoms with Crippen molar-refractivity contribution in [3.63, 3.8) is 0 Å². The Hall–Kier alpha value is -0.520. The molecule has 0 saturated carbocycles. The lowest BCUT2D eigenvalue weighted by Crippen LogP contribution is -2.14. The molecule has 1 aliphatic rings. The maximum atomic E-state index is 5.45. The van der Waals surface area contributed by atoms with Crippen molar-refractivity contribution < 1.29 is 0 Å². The van der Waals surface area contributed by atoms with E-state index in [1.165, 1.54) is 19.3 Å². The minimum atomic E-state index is 0.383. The topological polar surface area (TPSA) is 0 Å². The molecule has 1 rings (SSSR count). The minimum Gasteiger partial charge on any atom is -0.0882 e. The highest BCUT2D eigenvalue weighted by Crippen LogP contribution is 2.34. The Morgan fingerprint density at radius 1 is 1.58 bits per heavy atom. The Morgan fingerprint density at radius 2 is 2.33 bits per heavy atom. The van der Waals surface area contributed by atoms with E-state index in [1.807, 2.05) is 0 Å². The van der Waals surface area contributed by atoms with Crippen LogP contribution >= 0.6 is 0 Å². The molecule has 0 spiro atoms. The van der Waals surface area contributed by atoms with Gasteiger partial charge >= 0.3 is 0 Å². The van der Waals surface area contributed by atoms with Gasteiger partial charge in [-0.1, -0.05) is 38.7 Å². The molecule has 1 aliphatic carbocycles. The van der Waals surface area contributed by atoms with Crippen LogP contribution in [0.5, 0.6) is 0 Å². The summed E-state index contributed by atoms with van der Waals surface area (Å²) < 4.78 is 0. The van der Waals surface area contributed by atoms with E-state index in [9.17, 15) is 0 Å². The monoisotopic (exact) mass is 163 g/mol. The fraction of sp³-hybridized carbons (Fsp3) is 0.667. The molecular formula is C12H19. The van der Waals surface area contributed by atoms with Crippen molar-refractivity contribution in [1.82, 2.24) is 0 Å². The third-order valence-corrected chi connectivity index (χ3v) is 2.60. The van der Waals surface area contributed by atoms with Gasteiger partial charge in [-0.3, -0.25) is 0 Å². The number of rotatable bonds is 4. The molecule has 12 heavy (non-hydrogen) atoms. The molecule has 0 heterocycles. The van der Waals surface area contributed by atoms with Crippen LogP contribution in [-0.4, -0.2) is 0 Å². The van der Waals surface area contributed by atoms with Gasteiger partial charge in [0.05, 0.1) is 0 Å². The zero-order valence-electron chi connectivity index (χ0n) is 8.22. The third kappa shape index (κ3) is 2.84. The predicted molar refractivity (Wildman–Crippen MR) is 53.7 cm³/mol. The molecule has 0 aromatic heterocycles. The molecule has 0 aliphatic heterocycles. The highest BCUT2D eigenvalue weighted by Gasteiger charge is 2.21. The van der Waals surface area contributed by atoms with Gasteiger partial charge in [0.2, 0.25) is 0 Å². The SMILES string of the molecule is [CH]=CCC(C)(C)CC1C=CCC1. The van der Waals surface area contributed by atoms with Crippen LogP contribution in [0.1, 0.15) is 39.5 Å². The van der Waals surface area contributed by atoms with E-state index in [0.29, 0.717) is 5.41 Å². The van der Waals surface area contributed by atoms with Gasteiger partial charge < -0.3 is 0 Å². The summed E-state index contributed by atoms with van der Waals surface area (Å²) in [5.74, 6) is 0.806. The first-order valence-electron chi connectivity index (χ1n) is 4.84. The van der Waals surface area contributed by atoms with Crippen molar-refractivity contribution in [3.05, 3.63) is 24.8 Å². The molecule has 1 unspecified atom stereocenters. The summed E-state index contributed by atoms with van der Waals surface area (Å²) in [6.07, 6.45) is 11.4. The lowest BCUT2D eigenvalue weighted by Gasteiger charge is -2.25. The molecule has 0 amide bonds. The molecule has 0 nitrogen and oxygen atoms in total. The Labute approximate surface area is 76.4 Å². The van der Waals surface area contributed by atoms with Gasteiger partial charge in [0.1, 0.15) is 0 Å². The summed E-state index contributed by atoms with van der Waals surface area (Å²) in [4.78, 5) is 0. The van der Waals surface area contributed by atoms with E-state index in [1.54, 1.807) is 6.08 Å². The van der Waals surface area contributed by atoms with Crippen LogP contribution in [0.2, 0.25) is 0 Å². The first kappa shape index (κ1) is 9.57. The lowest BCUT2D eigenvalue weighted by molar-refractivity contribution is 0.294. The fourth-order valence-electron chi connectivity index (χ4n) is 1.98. The smallest absolute Gasteiger partial charge is 0.0225 e. The van der Waals surface area contributed by atoms with Gasteiger partial charge in [0, 0.05) is 0 Å². The normalized spacial score (nSPS) is 23.0. The Bertz CT molecular complexity index is 174. The molecule has 0 aromatic carbocycles. The Balaban J connectivity index is 2.37. The van der Waals surface area contributed by atoms with Gasteiger partial charge in [-0.05, 0) is 37.0 Å². The minimum absolute atomic E-state index is 0.383. The van der Waals surface area contributed by atoms with E-state index < -0.39 is 0 Å². The molecule has 0 aromatic rings. The molecule has 0 saturated heterocycles. The summed E-state index contributed by atoms with van der Waals surface area (Å²) >= 11 is 0. The highest BCUT2D eigenvalue weighted by molar-refractivity contribution is 4.98. The van der Waals surface area contributed by atoms with E-state index in [-0.39, 0.29) is 0 Å². The van der Waals surface area contributed by atoms with Crippen LogP contribution in [0, 0.1) is 17.9 Å². The van der Waals surface area contributed by atoms with Crippen LogP contribution in [0.15, 0.2) is 18.2 Å². The second kappa shape index (κ2) is 3.93. The first-order chi connectivity index (χ1) is 5.64. The second-order valence-corrected chi connectivity index (χ2v) is 4.57. The van der Waals surface area contributed by atoms with E-state index in [4.69, 9.17) is 6.58 Å². The van der Waals surface area contributed by atoms with Crippen molar-refractivity contribution in [2.45, 2.75) is 39.5 Å². The van der Waals surface area contributed by atoms with Crippen molar-refractivity contribution in [2.24, 2.45) is 11.3 Å². The number of allylic oxidation sites excluding steroid dienone is 3. The van der Waals surface area contributed by atoms with Gasteiger partial charge in [-0.15, -0.1) is 0 Å². The van der Waals surface area contributed by atoms with Crippen LogP contribution < -0.4 is 0 Å². The van der Waals surface area contributed by atoms with Gasteiger partial charge in [-0.2, -0.15) is 0 Å². The third-order valence-electron chi connectivity index (χ3n) is 2.60. The molecule has 0 N–H and O–H groups in total. The van der Waals surface area contributed by atoms with Crippen LogP contribution in [0.25, 0.3) is 0 Å². The quantitative estimate of drug-likeness (QED) is 0.554. The molecule has 0 fully saturated rings. The molecule has 1 atom stereocenters. The van der Waals surface area contributed by atoms with Crippen molar-refractivity contribution in [3.8, 4) is 0 Å². The highest BCUT2D eigenvalue weighted by atomic mass is 14.3. The average Bonchev–Trinajstić information content (AvgIpc) is 2.38. The van der Waals surface area contributed by atoms with Crippen LogP contribution in [0.3, 0.4) is 0 Å². The summed E-state index contributed by atoms with van der Waals surface area (Å²) in [5.41, 5.74) is 0.383. The van der Waals surface area contributed by atoms with Gasteiger partial charge in [0.15, 0.2) is 0 Å². The Morgan fingerprint density at radius 3 is 2.83 bits per heavy atom. The van der Waals surface area contributed by atoms with Crippen molar-refractivity contribution >= 4 is 0 Å². The number of hydrogen-bond acceptors (Lipinski definition) is 0. The molecular weight excluding hydrogens is 144 g/mol.